The summed E-state index contributed by atoms with van der Waals surface area (Å²) in [6, 6.07) is 8.33. The molecule has 0 saturated carbocycles. The van der Waals surface area contributed by atoms with E-state index in [4.69, 9.17) is 0 Å². The second-order valence-electron chi connectivity index (χ2n) is 4.44. The number of thiazole rings is 1. The lowest BCUT2D eigenvalue weighted by Gasteiger charge is -2.14. The first kappa shape index (κ1) is 10.9. The predicted octanol–water partition coefficient (Wildman–Crippen LogP) is 3.78. The third-order valence-electron chi connectivity index (χ3n) is 1.81. The first-order valence-corrected chi connectivity index (χ1v) is 7.49. The summed E-state index contributed by atoms with van der Waals surface area (Å²) in [5.41, 5.74) is 3.29. The van der Waals surface area contributed by atoms with Crippen molar-refractivity contribution in [1.29, 1.82) is 0 Å². The van der Waals surface area contributed by atoms with E-state index in [1.54, 1.807) is 11.0 Å². The SMILES string of the molecule is CC(C)(C)NS[s+]1cnc2ccccc21. The molecule has 1 atom stereocenters. The van der Waals surface area contributed by atoms with Crippen LogP contribution in [0.2, 0.25) is 0 Å². The Kier molecular flexibility index (Phi) is 3.00. The lowest BCUT2D eigenvalue weighted by Crippen LogP contribution is -2.29. The molecule has 0 saturated heterocycles. The Balaban J connectivity index is 2.22. The van der Waals surface area contributed by atoms with Crippen LogP contribution in [0.25, 0.3) is 10.2 Å². The molecule has 2 nitrogen and oxygen atoms in total. The minimum atomic E-state index is 0.0652. The minimum Gasteiger partial charge on any atom is -0.209 e. The molecule has 0 aliphatic carbocycles. The fraction of sp³-hybridized carbons (Fsp3) is 0.364. The molecule has 80 valence electrons. The van der Waals surface area contributed by atoms with Crippen molar-refractivity contribution >= 4 is 30.7 Å². The van der Waals surface area contributed by atoms with E-state index in [-0.39, 0.29) is 15.0 Å². The zero-order chi connectivity index (χ0) is 10.9. The third-order valence-corrected chi connectivity index (χ3v) is 5.34. The van der Waals surface area contributed by atoms with Gasteiger partial charge in [0.05, 0.1) is 9.50 Å². The number of nitrogens with zero attached hydrogens (tertiary/aromatic N) is 1. The van der Waals surface area contributed by atoms with E-state index in [0.717, 1.165) is 5.52 Å². The van der Waals surface area contributed by atoms with E-state index in [0.29, 0.717) is 0 Å². The van der Waals surface area contributed by atoms with Crippen molar-refractivity contribution < 1.29 is 0 Å². The Hall–Kier alpha value is -0.580. The molecule has 4 heteroatoms. The Labute approximate surface area is 96.6 Å². The fourth-order valence-corrected chi connectivity index (χ4v) is 4.44. The maximum absolute atomic E-state index is 4.41. The number of rotatable bonds is 2. The summed E-state index contributed by atoms with van der Waals surface area (Å²) in [6.45, 7) is 6.51. The van der Waals surface area contributed by atoms with Crippen LogP contribution in [-0.2, 0) is 0 Å². The van der Waals surface area contributed by atoms with Crippen LogP contribution in [0.1, 0.15) is 20.8 Å². The summed E-state index contributed by atoms with van der Waals surface area (Å²) in [5.74, 6) is 0. The van der Waals surface area contributed by atoms with Gasteiger partial charge in [-0.2, -0.15) is 4.98 Å². The average Bonchev–Trinajstić information content (AvgIpc) is 2.57. The maximum atomic E-state index is 4.41. The van der Waals surface area contributed by atoms with Gasteiger partial charge in [-0.3, -0.25) is 0 Å². The highest BCUT2D eigenvalue weighted by molar-refractivity contribution is 8.45. The second-order valence-corrected chi connectivity index (χ2v) is 7.63. The molecule has 1 N–H and O–H groups in total. The first-order valence-electron chi connectivity index (χ1n) is 4.87. The molecule has 0 radical (unpaired) electrons. The molecule has 2 aromatic rings. The zero-order valence-electron chi connectivity index (χ0n) is 9.15. The van der Waals surface area contributed by atoms with Crippen LogP contribution in [0.3, 0.4) is 0 Å². The molecule has 1 heterocycles. The number of aromatic nitrogens is 1. The molecule has 1 aromatic carbocycles. The van der Waals surface area contributed by atoms with Gasteiger partial charge in [-0.05, 0) is 26.8 Å². The summed E-state index contributed by atoms with van der Waals surface area (Å²) in [7, 11) is 1.83. The Bertz CT molecular complexity index is 457. The van der Waals surface area contributed by atoms with Crippen molar-refractivity contribution in [3.05, 3.63) is 29.8 Å². The molecule has 2 rings (SSSR count). The highest BCUT2D eigenvalue weighted by Crippen LogP contribution is 2.38. The third kappa shape index (κ3) is 2.71. The molecule has 0 spiro atoms. The van der Waals surface area contributed by atoms with Crippen LogP contribution in [0.15, 0.2) is 29.8 Å². The van der Waals surface area contributed by atoms with Crippen LogP contribution < -0.4 is 4.72 Å². The molecular weight excluding hydrogens is 224 g/mol. The van der Waals surface area contributed by atoms with Gasteiger partial charge in [0.2, 0.25) is 21.2 Å². The van der Waals surface area contributed by atoms with Crippen molar-refractivity contribution in [3.8, 4) is 0 Å². The normalized spacial score (nSPS) is 13.4. The van der Waals surface area contributed by atoms with Crippen molar-refractivity contribution in [2.45, 2.75) is 26.3 Å². The predicted molar refractivity (Wildman–Crippen MR) is 70.1 cm³/mol. The minimum absolute atomic E-state index is 0.0652. The Morgan fingerprint density at radius 3 is 2.73 bits per heavy atom. The number of para-hydroxylation sites is 1. The number of fused-ring (bicyclic) bond motifs is 1. The summed E-state index contributed by atoms with van der Waals surface area (Å²) in [6.07, 6.45) is 0. The van der Waals surface area contributed by atoms with Gasteiger partial charge in [0.15, 0.2) is 0 Å². The average molecular weight is 239 g/mol. The zero-order valence-corrected chi connectivity index (χ0v) is 10.8. The van der Waals surface area contributed by atoms with Gasteiger partial charge in [0.1, 0.15) is 5.52 Å². The van der Waals surface area contributed by atoms with Crippen LogP contribution in [0, 0.1) is 0 Å². The largest absolute Gasteiger partial charge is 0.245 e. The first-order chi connectivity index (χ1) is 7.06. The van der Waals surface area contributed by atoms with Gasteiger partial charge in [0.25, 0.3) is 0 Å². The van der Waals surface area contributed by atoms with Gasteiger partial charge in [-0.15, -0.1) is 0 Å². The highest BCUT2D eigenvalue weighted by atomic mass is 33.1. The van der Waals surface area contributed by atoms with Gasteiger partial charge >= 0.3 is 0 Å². The number of benzene rings is 1. The monoisotopic (exact) mass is 239 g/mol. The van der Waals surface area contributed by atoms with Gasteiger partial charge in [-0.1, -0.05) is 12.1 Å². The van der Waals surface area contributed by atoms with Gasteiger partial charge in [0, 0.05) is 11.6 Å². The Morgan fingerprint density at radius 1 is 1.27 bits per heavy atom. The number of hydrogen-bond donors (Lipinski definition) is 1. The van der Waals surface area contributed by atoms with Crippen LogP contribution in [0.4, 0.5) is 0 Å². The smallest absolute Gasteiger partial charge is 0.209 e. The summed E-state index contributed by atoms with van der Waals surface area (Å²) in [5, 5.41) is 0. The maximum Gasteiger partial charge on any atom is 0.245 e. The standard InChI is InChI=1S/C11H15N2S2/c1-11(2,3)13-14-15-8-12-9-6-4-5-7-10(9)15/h4-8,13H,1-3H3/q+1. The molecule has 0 bridgehead atoms. The topological polar surface area (TPSA) is 24.9 Å². The van der Waals surface area contributed by atoms with E-state index < -0.39 is 0 Å². The molecule has 1 unspecified atom stereocenters. The van der Waals surface area contributed by atoms with E-state index >= 15 is 0 Å². The Morgan fingerprint density at radius 2 is 2.00 bits per heavy atom. The van der Waals surface area contributed by atoms with E-state index in [9.17, 15) is 0 Å². The molecule has 0 aliphatic rings. The van der Waals surface area contributed by atoms with Gasteiger partial charge in [-0.25, -0.2) is 4.72 Å². The molecule has 15 heavy (non-hydrogen) atoms. The van der Waals surface area contributed by atoms with Crippen molar-refractivity contribution in [1.82, 2.24) is 9.71 Å². The van der Waals surface area contributed by atoms with Crippen LogP contribution in [-0.4, -0.2) is 10.5 Å². The quantitative estimate of drug-likeness (QED) is 0.490. The fourth-order valence-electron chi connectivity index (χ4n) is 1.13. The highest BCUT2D eigenvalue weighted by Gasteiger charge is 2.19. The lowest BCUT2D eigenvalue weighted by molar-refractivity contribution is 0.537. The number of nitrogens with one attached hydrogen (secondary N) is 1. The van der Waals surface area contributed by atoms with E-state index in [1.807, 2.05) is 11.6 Å². The molecule has 1 aromatic heterocycles. The van der Waals surface area contributed by atoms with Crippen LogP contribution in [0.5, 0.6) is 0 Å². The molecular formula is C11H15N2S2+. The second kappa shape index (κ2) is 4.12. The summed E-state index contributed by atoms with van der Waals surface area (Å²) >= 11 is 0. The molecule has 0 aliphatic heterocycles. The van der Waals surface area contributed by atoms with Crippen molar-refractivity contribution in [2.24, 2.45) is 0 Å². The van der Waals surface area contributed by atoms with Crippen molar-refractivity contribution in [2.75, 3.05) is 0 Å². The van der Waals surface area contributed by atoms with E-state index in [2.05, 4.69) is 48.7 Å². The molecule has 0 amide bonds. The van der Waals surface area contributed by atoms with Crippen molar-refractivity contribution in [3.63, 3.8) is 0 Å². The number of hydrogen-bond acceptors (Lipinski definition) is 3. The van der Waals surface area contributed by atoms with Gasteiger partial charge < -0.3 is 0 Å². The van der Waals surface area contributed by atoms with Crippen LogP contribution >= 0.6 is 20.5 Å². The van der Waals surface area contributed by atoms with E-state index in [1.165, 1.54) is 4.70 Å². The summed E-state index contributed by atoms with van der Waals surface area (Å²) in [4.78, 5) is 4.41. The lowest BCUT2D eigenvalue weighted by atomic mass is 10.1. The summed E-state index contributed by atoms with van der Waals surface area (Å²) < 4.78 is 4.78. The molecule has 0 fully saturated rings.